The summed E-state index contributed by atoms with van der Waals surface area (Å²) in [4.78, 5) is 27.6. The summed E-state index contributed by atoms with van der Waals surface area (Å²) < 4.78 is 0. The summed E-state index contributed by atoms with van der Waals surface area (Å²) in [6, 6.07) is -0.254. The second-order valence-electron chi connectivity index (χ2n) is 5.36. The van der Waals surface area contributed by atoms with Gasteiger partial charge in [-0.05, 0) is 25.7 Å². The zero-order valence-corrected chi connectivity index (χ0v) is 9.84. The van der Waals surface area contributed by atoms with Crippen molar-refractivity contribution in [1.82, 2.24) is 9.80 Å². The molecule has 0 bridgehead atoms. The van der Waals surface area contributed by atoms with E-state index in [0.29, 0.717) is 13.1 Å². The molecule has 0 radical (unpaired) electrons. The van der Waals surface area contributed by atoms with Gasteiger partial charge in [-0.25, -0.2) is 0 Å². The third-order valence-electron chi connectivity index (χ3n) is 3.92. The Morgan fingerprint density at radius 1 is 1.06 bits per heavy atom. The monoisotopic (exact) mass is 238 g/mol. The van der Waals surface area contributed by atoms with Crippen LogP contribution in [0.15, 0.2) is 0 Å². The standard InChI is InChI=1S/C12H18N2O3/c15-9-6-13(7-9)12(17)10-2-1-5-14(10)11(16)8-3-4-8/h8-10,15H,1-7H2. The van der Waals surface area contributed by atoms with Crippen molar-refractivity contribution in [2.75, 3.05) is 19.6 Å². The van der Waals surface area contributed by atoms with E-state index in [-0.39, 0.29) is 29.9 Å². The second kappa shape index (κ2) is 3.98. The number of hydrogen-bond acceptors (Lipinski definition) is 3. The van der Waals surface area contributed by atoms with E-state index in [9.17, 15) is 14.7 Å². The first kappa shape index (κ1) is 11.0. The molecule has 1 atom stereocenters. The fraction of sp³-hybridized carbons (Fsp3) is 0.833. The van der Waals surface area contributed by atoms with Crippen LogP contribution in [-0.4, -0.2) is 58.5 Å². The van der Waals surface area contributed by atoms with Gasteiger partial charge in [0.05, 0.1) is 6.10 Å². The predicted molar refractivity (Wildman–Crippen MR) is 60.0 cm³/mol. The normalized spacial score (nSPS) is 29.4. The molecule has 0 aromatic heterocycles. The molecule has 94 valence electrons. The predicted octanol–water partition coefficient (Wildman–Crippen LogP) is -0.409. The smallest absolute Gasteiger partial charge is 0.245 e. The first-order chi connectivity index (χ1) is 8.16. The Labute approximate surface area is 100 Å². The average molecular weight is 238 g/mol. The highest BCUT2D eigenvalue weighted by Crippen LogP contribution is 2.34. The van der Waals surface area contributed by atoms with Crippen LogP contribution >= 0.6 is 0 Å². The average Bonchev–Trinajstić information content (AvgIpc) is 3.00. The molecule has 3 rings (SSSR count). The molecule has 3 fully saturated rings. The molecule has 2 amide bonds. The van der Waals surface area contributed by atoms with Gasteiger partial charge in [-0.2, -0.15) is 0 Å². The SMILES string of the molecule is O=C(C1CCCN1C(=O)C1CC1)N1CC(O)C1. The molecule has 0 aromatic carbocycles. The lowest BCUT2D eigenvalue weighted by atomic mass is 10.1. The van der Waals surface area contributed by atoms with Gasteiger partial charge in [0.1, 0.15) is 6.04 Å². The van der Waals surface area contributed by atoms with E-state index in [1.807, 2.05) is 0 Å². The highest BCUT2D eigenvalue weighted by molar-refractivity contribution is 5.90. The van der Waals surface area contributed by atoms with Gasteiger partial charge >= 0.3 is 0 Å². The highest BCUT2D eigenvalue weighted by Gasteiger charge is 2.43. The van der Waals surface area contributed by atoms with Crippen LogP contribution in [0.5, 0.6) is 0 Å². The van der Waals surface area contributed by atoms with Crippen molar-refractivity contribution in [2.45, 2.75) is 37.8 Å². The number of aliphatic hydroxyl groups is 1. The van der Waals surface area contributed by atoms with Gasteiger partial charge < -0.3 is 14.9 Å². The first-order valence-electron chi connectivity index (χ1n) is 6.44. The fourth-order valence-corrected chi connectivity index (χ4v) is 2.70. The largest absolute Gasteiger partial charge is 0.389 e. The van der Waals surface area contributed by atoms with Gasteiger partial charge in [0, 0.05) is 25.6 Å². The number of rotatable bonds is 2. The van der Waals surface area contributed by atoms with Crippen LogP contribution in [0.2, 0.25) is 0 Å². The fourth-order valence-electron chi connectivity index (χ4n) is 2.70. The third-order valence-corrected chi connectivity index (χ3v) is 3.92. The maximum Gasteiger partial charge on any atom is 0.245 e. The minimum absolute atomic E-state index is 0.0294. The topological polar surface area (TPSA) is 60.9 Å². The molecule has 0 spiro atoms. The molecular formula is C12H18N2O3. The zero-order valence-electron chi connectivity index (χ0n) is 9.84. The Kier molecular flexibility index (Phi) is 2.58. The molecule has 5 nitrogen and oxygen atoms in total. The Morgan fingerprint density at radius 3 is 2.35 bits per heavy atom. The summed E-state index contributed by atoms with van der Waals surface area (Å²) in [6.45, 7) is 1.59. The number of amides is 2. The van der Waals surface area contributed by atoms with Crippen molar-refractivity contribution < 1.29 is 14.7 Å². The van der Waals surface area contributed by atoms with Gasteiger partial charge in [0.25, 0.3) is 0 Å². The number of β-amino-alcohol motifs (C(OH)–C–C–N with tert-alkyl or cyclic N) is 1. The molecule has 1 unspecified atom stereocenters. The quantitative estimate of drug-likeness (QED) is 0.711. The molecule has 5 heteroatoms. The van der Waals surface area contributed by atoms with Crippen LogP contribution in [0.4, 0.5) is 0 Å². The molecule has 0 aromatic rings. The van der Waals surface area contributed by atoms with Gasteiger partial charge in [-0.3, -0.25) is 9.59 Å². The summed E-state index contributed by atoms with van der Waals surface area (Å²) in [5.41, 5.74) is 0. The number of carbonyl (C=O) groups is 2. The number of aliphatic hydroxyl groups excluding tert-OH is 1. The van der Waals surface area contributed by atoms with Crippen LogP contribution in [0, 0.1) is 5.92 Å². The van der Waals surface area contributed by atoms with Crippen LogP contribution in [0.3, 0.4) is 0 Å². The van der Waals surface area contributed by atoms with E-state index in [1.165, 1.54) is 0 Å². The van der Waals surface area contributed by atoms with E-state index in [2.05, 4.69) is 0 Å². The van der Waals surface area contributed by atoms with Gasteiger partial charge in [0.15, 0.2) is 0 Å². The summed E-state index contributed by atoms with van der Waals surface area (Å²) in [6.07, 6.45) is 3.31. The summed E-state index contributed by atoms with van der Waals surface area (Å²) >= 11 is 0. The van der Waals surface area contributed by atoms with E-state index >= 15 is 0 Å². The molecule has 1 saturated carbocycles. The van der Waals surface area contributed by atoms with Crippen molar-refractivity contribution in [2.24, 2.45) is 5.92 Å². The molecule has 1 N–H and O–H groups in total. The third kappa shape index (κ3) is 1.92. The van der Waals surface area contributed by atoms with Gasteiger partial charge in [-0.1, -0.05) is 0 Å². The lowest BCUT2D eigenvalue weighted by Crippen LogP contribution is -2.58. The molecule has 1 aliphatic carbocycles. The van der Waals surface area contributed by atoms with E-state index in [0.717, 1.165) is 32.2 Å². The van der Waals surface area contributed by atoms with Crippen molar-refractivity contribution >= 4 is 11.8 Å². The molecule has 2 heterocycles. The number of likely N-dealkylation sites (tertiary alicyclic amines) is 2. The lowest BCUT2D eigenvalue weighted by molar-refractivity contribution is -0.151. The Hall–Kier alpha value is -1.10. The van der Waals surface area contributed by atoms with Crippen molar-refractivity contribution in [3.8, 4) is 0 Å². The summed E-state index contributed by atoms with van der Waals surface area (Å²) in [5, 5.41) is 9.21. The second-order valence-corrected chi connectivity index (χ2v) is 5.36. The van der Waals surface area contributed by atoms with Crippen molar-refractivity contribution in [3.63, 3.8) is 0 Å². The summed E-state index contributed by atoms with van der Waals surface area (Å²) in [7, 11) is 0. The number of hydrogen-bond donors (Lipinski definition) is 1. The number of carbonyl (C=O) groups excluding carboxylic acids is 2. The van der Waals surface area contributed by atoms with E-state index in [4.69, 9.17) is 0 Å². The molecule has 2 aliphatic heterocycles. The van der Waals surface area contributed by atoms with Crippen LogP contribution in [0.1, 0.15) is 25.7 Å². The Morgan fingerprint density at radius 2 is 1.76 bits per heavy atom. The Balaban J connectivity index is 1.64. The van der Waals surface area contributed by atoms with Crippen LogP contribution in [-0.2, 0) is 9.59 Å². The minimum atomic E-state index is -0.368. The zero-order chi connectivity index (χ0) is 12.0. The number of nitrogens with zero attached hydrogens (tertiary/aromatic N) is 2. The maximum absolute atomic E-state index is 12.2. The van der Waals surface area contributed by atoms with E-state index in [1.54, 1.807) is 9.80 Å². The molecule has 3 aliphatic rings. The highest BCUT2D eigenvalue weighted by atomic mass is 16.3. The first-order valence-corrected chi connectivity index (χ1v) is 6.44. The van der Waals surface area contributed by atoms with E-state index < -0.39 is 0 Å². The van der Waals surface area contributed by atoms with Crippen LogP contribution < -0.4 is 0 Å². The lowest BCUT2D eigenvalue weighted by Gasteiger charge is -2.39. The van der Waals surface area contributed by atoms with Crippen molar-refractivity contribution in [3.05, 3.63) is 0 Å². The van der Waals surface area contributed by atoms with Crippen molar-refractivity contribution in [1.29, 1.82) is 0 Å². The maximum atomic E-state index is 12.2. The minimum Gasteiger partial charge on any atom is -0.389 e. The van der Waals surface area contributed by atoms with Gasteiger partial charge in [0.2, 0.25) is 11.8 Å². The molecular weight excluding hydrogens is 220 g/mol. The Bertz CT molecular complexity index is 348. The van der Waals surface area contributed by atoms with Crippen LogP contribution in [0.25, 0.3) is 0 Å². The summed E-state index contributed by atoms with van der Waals surface area (Å²) in [5.74, 6) is 0.383. The molecule has 2 saturated heterocycles. The van der Waals surface area contributed by atoms with Gasteiger partial charge in [-0.15, -0.1) is 0 Å². The molecule has 17 heavy (non-hydrogen) atoms.